The summed E-state index contributed by atoms with van der Waals surface area (Å²) in [7, 11) is 2.21. The number of benzene rings is 1. The van der Waals surface area contributed by atoms with Gasteiger partial charge in [0.15, 0.2) is 0 Å². The third-order valence-corrected chi connectivity index (χ3v) is 4.14. The summed E-state index contributed by atoms with van der Waals surface area (Å²) in [6, 6.07) is 11.6. The average Bonchev–Trinajstić information content (AvgIpc) is 2.90. The molecule has 3 heteroatoms. The number of thiocarbonyl (C=S) groups is 1. The molecule has 0 bridgehead atoms. The molecule has 0 radical (unpaired) electrons. The standard InChI is InChI=1S/C15H22N2S/c1-17(13-9-5-6-10-13)14(11-15(16)18)12-7-3-2-4-8-12/h2-4,7-8,13-14H,5-6,9-11H2,1H3,(H2,16,18). The zero-order valence-corrected chi connectivity index (χ0v) is 11.8. The molecule has 1 aromatic carbocycles. The molecule has 1 aromatic rings. The van der Waals surface area contributed by atoms with Crippen LogP contribution >= 0.6 is 12.2 Å². The Hall–Kier alpha value is -0.930. The van der Waals surface area contributed by atoms with Crippen molar-refractivity contribution in [2.24, 2.45) is 5.73 Å². The predicted octanol–water partition coefficient (Wildman–Crippen LogP) is 3.28. The Morgan fingerprint density at radius 2 is 1.94 bits per heavy atom. The minimum absolute atomic E-state index is 0.326. The fraction of sp³-hybridized carbons (Fsp3) is 0.533. The van der Waals surface area contributed by atoms with E-state index in [1.807, 2.05) is 0 Å². The minimum atomic E-state index is 0.326. The van der Waals surface area contributed by atoms with Gasteiger partial charge in [0.05, 0.1) is 4.99 Å². The van der Waals surface area contributed by atoms with Crippen molar-refractivity contribution in [1.82, 2.24) is 4.90 Å². The maximum absolute atomic E-state index is 5.77. The third-order valence-electron chi connectivity index (χ3n) is 3.97. The topological polar surface area (TPSA) is 29.3 Å². The SMILES string of the molecule is CN(C1CCCC1)C(CC(N)=S)c1ccccc1. The van der Waals surface area contributed by atoms with Crippen LogP contribution in [0.2, 0.25) is 0 Å². The molecule has 2 nitrogen and oxygen atoms in total. The van der Waals surface area contributed by atoms with Crippen molar-refractivity contribution in [2.45, 2.75) is 44.2 Å². The Labute approximate surface area is 115 Å². The van der Waals surface area contributed by atoms with Crippen LogP contribution < -0.4 is 5.73 Å². The van der Waals surface area contributed by atoms with Crippen LogP contribution in [0.25, 0.3) is 0 Å². The van der Waals surface area contributed by atoms with E-state index in [1.54, 1.807) is 0 Å². The molecule has 0 heterocycles. The molecule has 1 unspecified atom stereocenters. The van der Waals surface area contributed by atoms with E-state index in [9.17, 15) is 0 Å². The second-order valence-corrected chi connectivity index (χ2v) is 5.73. The zero-order chi connectivity index (χ0) is 13.0. The first-order valence-electron chi connectivity index (χ1n) is 6.73. The zero-order valence-electron chi connectivity index (χ0n) is 11.0. The second-order valence-electron chi connectivity index (χ2n) is 5.20. The van der Waals surface area contributed by atoms with Gasteiger partial charge in [0.25, 0.3) is 0 Å². The van der Waals surface area contributed by atoms with Crippen molar-refractivity contribution in [3.05, 3.63) is 35.9 Å². The summed E-state index contributed by atoms with van der Waals surface area (Å²) in [6.45, 7) is 0. The number of nitrogens with zero attached hydrogens (tertiary/aromatic N) is 1. The van der Waals surface area contributed by atoms with Crippen molar-refractivity contribution >= 4 is 17.2 Å². The molecule has 1 aliphatic carbocycles. The van der Waals surface area contributed by atoms with Gasteiger partial charge in [-0.2, -0.15) is 0 Å². The lowest BCUT2D eigenvalue weighted by atomic mass is 10.00. The fourth-order valence-corrected chi connectivity index (χ4v) is 3.09. The second kappa shape index (κ2) is 6.30. The molecule has 0 spiro atoms. The maximum Gasteiger partial charge on any atom is 0.0746 e. The van der Waals surface area contributed by atoms with Gasteiger partial charge in [0, 0.05) is 18.5 Å². The van der Waals surface area contributed by atoms with E-state index >= 15 is 0 Å². The molecule has 1 atom stereocenters. The third kappa shape index (κ3) is 3.30. The molecule has 1 aliphatic rings. The van der Waals surface area contributed by atoms with Crippen LogP contribution in [0.3, 0.4) is 0 Å². The smallest absolute Gasteiger partial charge is 0.0746 e. The molecule has 0 aromatic heterocycles. The first kappa shape index (κ1) is 13.5. The van der Waals surface area contributed by atoms with Gasteiger partial charge in [-0.25, -0.2) is 0 Å². The Bertz CT molecular complexity index is 385. The molecule has 1 saturated carbocycles. The van der Waals surface area contributed by atoms with Crippen LogP contribution in [0, 0.1) is 0 Å². The van der Waals surface area contributed by atoms with E-state index in [2.05, 4.69) is 42.3 Å². The largest absolute Gasteiger partial charge is 0.393 e. The Balaban J connectivity index is 2.16. The average molecular weight is 262 g/mol. The fourth-order valence-electron chi connectivity index (χ4n) is 2.93. The first-order chi connectivity index (χ1) is 8.68. The summed E-state index contributed by atoms with van der Waals surface area (Å²) in [5.41, 5.74) is 7.09. The van der Waals surface area contributed by atoms with Crippen molar-refractivity contribution in [3.63, 3.8) is 0 Å². The summed E-state index contributed by atoms with van der Waals surface area (Å²) >= 11 is 5.12. The number of rotatable bonds is 5. The highest BCUT2D eigenvalue weighted by Gasteiger charge is 2.26. The van der Waals surface area contributed by atoms with E-state index in [0.717, 1.165) is 6.42 Å². The highest BCUT2D eigenvalue weighted by molar-refractivity contribution is 7.80. The quantitative estimate of drug-likeness (QED) is 0.826. The van der Waals surface area contributed by atoms with Crippen LogP contribution in [0.5, 0.6) is 0 Å². The maximum atomic E-state index is 5.77. The van der Waals surface area contributed by atoms with Crippen molar-refractivity contribution < 1.29 is 0 Å². The molecular formula is C15H22N2S. The van der Waals surface area contributed by atoms with Crippen LogP contribution in [0.15, 0.2) is 30.3 Å². The molecular weight excluding hydrogens is 240 g/mol. The molecule has 1 fully saturated rings. The van der Waals surface area contributed by atoms with Gasteiger partial charge in [-0.1, -0.05) is 55.4 Å². The molecule has 98 valence electrons. The van der Waals surface area contributed by atoms with Gasteiger partial charge < -0.3 is 5.73 Å². The number of hydrogen-bond acceptors (Lipinski definition) is 2. The summed E-state index contributed by atoms with van der Waals surface area (Å²) in [5, 5.41) is 0. The van der Waals surface area contributed by atoms with Crippen LogP contribution in [0.4, 0.5) is 0 Å². The molecule has 0 aliphatic heterocycles. The molecule has 0 saturated heterocycles. The van der Waals surface area contributed by atoms with Gasteiger partial charge in [-0.3, -0.25) is 4.90 Å². The number of hydrogen-bond donors (Lipinski definition) is 1. The highest BCUT2D eigenvalue weighted by atomic mass is 32.1. The van der Waals surface area contributed by atoms with E-state index in [4.69, 9.17) is 18.0 Å². The molecule has 2 N–H and O–H groups in total. The lowest BCUT2D eigenvalue weighted by Gasteiger charge is -2.33. The molecule has 18 heavy (non-hydrogen) atoms. The Kier molecular flexibility index (Phi) is 4.72. The van der Waals surface area contributed by atoms with Gasteiger partial charge in [0.1, 0.15) is 0 Å². The van der Waals surface area contributed by atoms with Crippen molar-refractivity contribution in [3.8, 4) is 0 Å². The molecule has 2 rings (SSSR count). The lowest BCUT2D eigenvalue weighted by molar-refractivity contribution is 0.179. The normalized spacial score (nSPS) is 18.1. The van der Waals surface area contributed by atoms with Crippen LogP contribution in [-0.2, 0) is 0 Å². The van der Waals surface area contributed by atoms with Crippen molar-refractivity contribution in [2.75, 3.05) is 7.05 Å². The van der Waals surface area contributed by atoms with Crippen LogP contribution in [-0.4, -0.2) is 23.0 Å². The molecule has 0 amide bonds. The summed E-state index contributed by atoms with van der Waals surface area (Å²) in [4.78, 5) is 3.08. The Morgan fingerprint density at radius 3 is 2.50 bits per heavy atom. The van der Waals surface area contributed by atoms with Gasteiger partial charge in [-0.05, 0) is 25.5 Å². The lowest BCUT2D eigenvalue weighted by Crippen LogP contribution is -2.35. The van der Waals surface area contributed by atoms with E-state index in [1.165, 1.54) is 31.2 Å². The summed E-state index contributed by atoms with van der Waals surface area (Å²) in [6.07, 6.45) is 6.08. The van der Waals surface area contributed by atoms with Gasteiger partial charge in [0.2, 0.25) is 0 Å². The van der Waals surface area contributed by atoms with Gasteiger partial charge in [-0.15, -0.1) is 0 Å². The van der Waals surface area contributed by atoms with E-state index in [-0.39, 0.29) is 0 Å². The summed E-state index contributed by atoms with van der Waals surface area (Å²) < 4.78 is 0. The van der Waals surface area contributed by atoms with Crippen molar-refractivity contribution in [1.29, 1.82) is 0 Å². The number of nitrogens with two attached hydrogens (primary N) is 1. The van der Waals surface area contributed by atoms with Gasteiger partial charge >= 0.3 is 0 Å². The monoisotopic (exact) mass is 262 g/mol. The van der Waals surface area contributed by atoms with Crippen LogP contribution in [0.1, 0.15) is 43.7 Å². The van der Waals surface area contributed by atoms with E-state index < -0.39 is 0 Å². The summed E-state index contributed by atoms with van der Waals surface area (Å²) in [5.74, 6) is 0. The van der Waals surface area contributed by atoms with E-state index in [0.29, 0.717) is 17.1 Å². The minimum Gasteiger partial charge on any atom is -0.393 e. The highest BCUT2D eigenvalue weighted by Crippen LogP contribution is 2.31. The first-order valence-corrected chi connectivity index (χ1v) is 7.14. The predicted molar refractivity (Wildman–Crippen MR) is 80.6 cm³/mol. The Morgan fingerprint density at radius 1 is 1.33 bits per heavy atom.